The van der Waals surface area contributed by atoms with Gasteiger partial charge in [0.1, 0.15) is 5.75 Å². The molecule has 4 N–H and O–H groups in total. The molecule has 4 nitrogen and oxygen atoms in total. The third-order valence-electron chi connectivity index (χ3n) is 5.16. The lowest BCUT2D eigenvalue weighted by Crippen LogP contribution is -2.47. The zero-order valence-corrected chi connectivity index (χ0v) is 18.4. The van der Waals surface area contributed by atoms with E-state index in [2.05, 4.69) is 13.0 Å². The van der Waals surface area contributed by atoms with Crippen molar-refractivity contribution in [3.63, 3.8) is 0 Å². The topological polar surface area (TPSA) is 75.7 Å². The Labute approximate surface area is 187 Å². The Balaban J connectivity index is 0.00000480. The van der Waals surface area contributed by atoms with Crippen molar-refractivity contribution >= 4 is 12.4 Å². The van der Waals surface area contributed by atoms with E-state index in [1.54, 1.807) is 6.07 Å². The van der Waals surface area contributed by atoms with E-state index in [1.807, 2.05) is 18.2 Å². The normalized spacial score (nSPS) is 11.8. The average Bonchev–Trinajstić information content (AvgIpc) is 2.75. The molecule has 0 unspecified atom stereocenters. The summed E-state index contributed by atoms with van der Waals surface area (Å²) in [4.78, 5) is 0. The largest absolute Gasteiger partial charge is 0.493 e. The highest BCUT2D eigenvalue weighted by Crippen LogP contribution is 2.37. The van der Waals surface area contributed by atoms with Crippen LogP contribution >= 0.6 is 12.4 Å². The summed E-state index contributed by atoms with van der Waals surface area (Å²) in [6.07, 6.45) is -1.91. The Morgan fingerprint density at radius 2 is 1.58 bits per heavy atom. The molecule has 0 bridgehead atoms. The molecule has 0 saturated heterocycles. The minimum absolute atomic E-state index is 0. The molecule has 0 aliphatic heterocycles. The SMILES string of the molecule is CCc1cccc(CCCOc2ccc(CCC(N)(CO)CO)cc2C(F)(F)F)c1.Cl. The Morgan fingerprint density at radius 1 is 0.935 bits per heavy atom. The van der Waals surface area contributed by atoms with E-state index in [0.29, 0.717) is 12.0 Å². The molecular weight excluding hydrogens is 431 g/mol. The van der Waals surface area contributed by atoms with E-state index in [4.69, 9.17) is 10.5 Å². The lowest BCUT2D eigenvalue weighted by atomic mass is 9.93. The summed E-state index contributed by atoms with van der Waals surface area (Å²) in [5, 5.41) is 18.5. The summed E-state index contributed by atoms with van der Waals surface area (Å²) in [5.74, 6) is -0.197. The van der Waals surface area contributed by atoms with E-state index in [-0.39, 0.29) is 37.6 Å². The molecule has 2 aromatic rings. The molecule has 0 aliphatic carbocycles. The van der Waals surface area contributed by atoms with Gasteiger partial charge in [-0.3, -0.25) is 0 Å². The van der Waals surface area contributed by atoms with E-state index >= 15 is 0 Å². The van der Waals surface area contributed by atoms with Crippen LogP contribution in [-0.4, -0.2) is 35.6 Å². The fraction of sp³-hybridized carbons (Fsp3) is 0.478. The van der Waals surface area contributed by atoms with Gasteiger partial charge in [-0.05, 0) is 60.9 Å². The van der Waals surface area contributed by atoms with Gasteiger partial charge in [-0.15, -0.1) is 12.4 Å². The molecular formula is C23H31ClF3NO3. The van der Waals surface area contributed by atoms with Gasteiger partial charge in [0.05, 0.1) is 30.9 Å². The van der Waals surface area contributed by atoms with Gasteiger partial charge in [-0.1, -0.05) is 37.3 Å². The van der Waals surface area contributed by atoms with Crippen LogP contribution < -0.4 is 10.5 Å². The molecule has 0 heterocycles. The van der Waals surface area contributed by atoms with Crippen molar-refractivity contribution in [2.45, 2.75) is 50.7 Å². The highest BCUT2D eigenvalue weighted by Gasteiger charge is 2.35. The lowest BCUT2D eigenvalue weighted by Gasteiger charge is -2.24. The molecule has 31 heavy (non-hydrogen) atoms. The van der Waals surface area contributed by atoms with E-state index in [1.165, 1.54) is 11.6 Å². The van der Waals surface area contributed by atoms with Crippen molar-refractivity contribution in [2.24, 2.45) is 5.73 Å². The predicted molar refractivity (Wildman–Crippen MR) is 118 cm³/mol. The zero-order valence-electron chi connectivity index (χ0n) is 17.6. The van der Waals surface area contributed by atoms with Crippen LogP contribution in [0.3, 0.4) is 0 Å². The van der Waals surface area contributed by atoms with Gasteiger partial charge in [0, 0.05) is 0 Å². The number of aliphatic hydroxyl groups is 2. The number of aliphatic hydroxyl groups excluding tert-OH is 2. The van der Waals surface area contributed by atoms with Gasteiger partial charge in [-0.2, -0.15) is 13.2 Å². The van der Waals surface area contributed by atoms with Crippen molar-refractivity contribution in [1.29, 1.82) is 0 Å². The van der Waals surface area contributed by atoms with Gasteiger partial charge < -0.3 is 20.7 Å². The van der Waals surface area contributed by atoms with Crippen molar-refractivity contribution in [3.8, 4) is 5.75 Å². The summed E-state index contributed by atoms with van der Waals surface area (Å²) in [5.41, 5.74) is 6.54. The predicted octanol–water partition coefficient (Wildman–Crippen LogP) is 4.32. The van der Waals surface area contributed by atoms with Crippen LogP contribution in [0.4, 0.5) is 13.2 Å². The fourth-order valence-corrected chi connectivity index (χ4v) is 3.14. The number of benzene rings is 2. The maximum absolute atomic E-state index is 13.5. The summed E-state index contributed by atoms with van der Waals surface area (Å²) in [6.45, 7) is 1.36. The van der Waals surface area contributed by atoms with Gasteiger partial charge in [0.15, 0.2) is 0 Å². The van der Waals surface area contributed by atoms with Gasteiger partial charge >= 0.3 is 6.18 Å². The number of hydrogen-bond acceptors (Lipinski definition) is 4. The monoisotopic (exact) mass is 461 g/mol. The van der Waals surface area contributed by atoms with Crippen LogP contribution in [0, 0.1) is 0 Å². The van der Waals surface area contributed by atoms with Crippen molar-refractivity contribution in [3.05, 3.63) is 64.7 Å². The smallest absolute Gasteiger partial charge is 0.419 e. The number of aryl methyl sites for hydroxylation is 3. The van der Waals surface area contributed by atoms with Crippen LogP contribution in [0.1, 0.15) is 42.0 Å². The Hall–Kier alpha value is -1.80. The van der Waals surface area contributed by atoms with Crippen LogP contribution in [0.15, 0.2) is 42.5 Å². The minimum atomic E-state index is -4.55. The summed E-state index contributed by atoms with van der Waals surface area (Å²) >= 11 is 0. The molecule has 0 amide bonds. The first-order valence-corrected chi connectivity index (χ1v) is 10.1. The molecule has 0 aliphatic rings. The second-order valence-corrected chi connectivity index (χ2v) is 7.63. The maximum atomic E-state index is 13.5. The lowest BCUT2D eigenvalue weighted by molar-refractivity contribution is -0.139. The number of hydrogen-bond donors (Lipinski definition) is 3. The van der Waals surface area contributed by atoms with Crippen molar-refractivity contribution < 1.29 is 28.1 Å². The Kier molecular flexibility index (Phi) is 10.8. The first-order chi connectivity index (χ1) is 14.2. The van der Waals surface area contributed by atoms with Crippen molar-refractivity contribution in [2.75, 3.05) is 19.8 Å². The summed E-state index contributed by atoms with van der Waals surface area (Å²) in [7, 11) is 0. The van der Waals surface area contributed by atoms with Gasteiger partial charge in [0.25, 0.3) is 0 Å². The van der Waals surface area contributed by atoms with Gasteiger partial charge in [-0.25, -0.2) is 0 Å². The molecule has 0 spiro atoms. The molecule has 0 radical (unpaired) electrons. The van der Waals surface area contributed by atoms with Crippen LogP contribution in [0.2, 0.25) is 0 Å². The van der Waals surface area contributed by atoms with Crippen LogP contribution in [0.5, 0.6) is 5.75 Å². The first-order valence-electron chi connectivity index (χ1n) is 10.1. The number of alkyl halides is 3. The molecule has 0 atom stereocenters. The molecule has 174 valence electrons. The zero-order chi connectivity index (χ0) is 22.2. The van der Waals surface area contributed by atoms with Crippen LogP contribution in [-0.2, 0) is 25.4 Å². The number of halogens is 4. The minimum Gasteiger partial charge on any atom is -0.493 e. The molecule has 2 rings (SSSR count). The van der Waals surface area contributed by atoms with Crippen LogP contribution in [0.25, 0.3) is 0 Å². The quantitative estimate of drug-likeness (QED) is 0.436. The average molecular weight is 462 g/mol. The number of rotatable bonds is 11. The highest BCUT2D eigenvalue weighted by molar-refractivity contribution is 5.85. The molecule has 0 fully saturated rings. The fourth-order valence-electron chi connectivity index (χ4n) is 3.14. The molecule has 8 heteroatoms. The molecule has 0 saturated carbocycles. The van der Waals surface area contributed by atoms with Gasteiger partial charge in [0.2, 0.25) is 0 Å². The second-order valence-electron chi connectivity index (χ2n) is 7.63. The third-order valence-corrected chi connectivity index (χ3v) is 5.16. The third kappa shape index (κ3) is 8.33. The molecule has 2 aromatic carbocycles. The van der Waals surface area contributed by atoms with E-state index in [9.17, 15) is 23.4 Å². The summed E-state index contributed by atoms with van der Waals surface area (Å²) in [6, 6.07) is 12.1. The maximum Gasteiger partial charge on any atom is 0.419 e. The second kappa shape index (κ2) is 12.3. The summed E-state index contributed by atoms with van der Waals surface area (Å²) < 4.78 is 46.0. The highest BCUT2D eigenvalue weighted by atomic mass is 35.5. The Bertz CT molecular complexity index is 811. The number of ether oxygens (including phenoxy) is 1. The van der Waals surface area contributed by atoms with E-state index in [0.717, 1.165) is 24.5 Å². The van der Waals surface area contributed by atoms with E-state index < -0.39 is 30.5 Å². The standard InChI is InChI=1S/C23H30F3NO3.ClH/c1-2-17-5-3-6-18(13-17)7-4-12-30-21-9-8-19(14-20(21)23(24,25)26)10-11-22(27,15-28)16-29;/h3,5-6,8-9,13-14,28-29H,2,4,7,10-12,15-16,27H2,1H3;1H. The first kappa shape index (κ1) is 27.2. The Morgan fingerprint density at radius 3 is 2.19 bits per heavy atom. The molecule has 0 aromatic heterocycles. The van der Waals surface area contributed by atoms with Crippen molar-refractivity contribution in [1.82, 2.24) is 0 Å². The number of nitrogens with two attached hydrogens (primary N) is 1.